The van der Waals surface area contributed by atoms with E-state index in [-0.39, 0.29) is 12.5 Å². The van der Waals surface area contributed by atoms with Crippen molar-refractivity contribution >= 4 is 28.7 Å². The van der Waals surface area contributed by atoms with Crippen LogP contribution in [-0.2, 0) is 4.79 Å². The zero-order chi connectivity index (χ0) is 21.5. The number of amides is 1. The van der Waals surface area contributed by atoms with Crippen LogP contribution < -0.4 is 20.7 Å². The number of hydrogen-bond acceptors (Lipinski definition) is 7. The molecular formula is C22H22N8O2. The van der Waals surface area contributed by atoms with Gasteiger partial charge in [0.25, 0.3) is 5.91 Å². The summed E-state index contributed by atoms with van der Waals surface area (Å²) < 4.78 is 9.47. The van der Waals surface area contributed by atoms with Crippen LogP contribution in [0.3, 0.4) is 0 Å². The summed E-state index contributed by atoms with van der Waals surface area (Å²) in [7, 11) is 0. The molecule has 0 saturated carbocycles. The predicted molar refractivity (Wildman–Crippen MR) is 119 cm³/mol. The van der Waals surface area contributed by atoms with Crippen molar-refractivity contribution in [3.05, 3.63) is 49.2 Å². The van der Waals surface area contributed by atoms with Crippen molar-refractivity contribution in [3.8, 4) is 17.0 Å². The molecule has 1 fully saturated rings. The van der Waals surface area contributed by atoms with Crippen LogP contribution in [0.1, 0.15) is 18.9 Å². The lowest BCUT2D eigenvalue weighted by molar-refractivity contribution is -0.118. The van der Waals surface area contributed by atoms with E-state index in [0.717, 1.165) is 42.9 Å². The Morgan fingerprint density at radius 1 is 1.16 bits per heavy atom. The number of carbonyl (C=O) groups is 1. The number of ether oxygens (including phenoxy) is 1. The summed E-state index contributed by atoms with van der Waals surface area (Å²) in [5, 5.41) is 14.1. The second-order valence-electron chi connectivity index (χ2n) is 7.98. The lowest BCUT2D eigenvalue weighted by atomic mass is 10.1. The van der Waals surface area contributed by atoms with Crippen LogP contribution in [0.2, 0.25) is 0 Å². The number of imidazole rings is 1. The minimum absolute atomic E-state index is 0.0360. The second-order valence-corrected chi connectivity index (χ2v) is 7.98. The molecule has 0 spiro atoms. The van der Waals surface area contributed by atoms with E-state index in [0.29, 0.717) is 28.9 Å². The SMILES string of the molecule is O=C1COc2ccc(-c3cnc(Nc4cnn(C5CCNCC5)c4)c4nccn34)cc2N1. The number of nitrogens with zero attached hydrogens (tertiary/aromatic N) is 5. The third-order valence-corrected chi connectivity index (χ3v) is 5.88. The second kappa shape index (κ2) is 7.65. The van der Waals surface area contributed by atoms with Gasteiger partial charge in [0, 0.05) is 24.2 Å². The van der Waals surface area contributed by atoms with Gasteiger partial charge in [-0.2, -0.15) is 5.10 Å². The fraction of sp³-hybridized carbons (Fsp3) is 0.273. The summed E-state index contributed by atoms with van der Waals surface area (Å²) in [6.45, 7) is 2.07. The van der Waals surface area contributed by atoms with E-state index in [9.17, 15) is 4.79 Å². The molecule has 6 rings (SSSR count). The van der Waals surface area contributed by atoms with Gasteiger partial charge in [-0.25, -0.2) is 9.97 Å². The molecule has 2 aliphatic heterocycles. The van der Waals surface area contributed by atoms with E-state index in [1.807, 2.05) is 45.9 Å². The molecule has 32 heavy (non-hydrogen) atoms. The highest BCUT2D eigenvalue weighted by molar-refractivity contribution is 5.96. The Balaban J connectivity index is 1.30. The number of fused-ring (bicyclic) bond motifs is 2. The number of rotatable bonds is 4. The van der Waals surface area contributed by atoms with Gasteiger partial charge in [0.1, 0.15) is 5.75 Å². The zero-order valence-electron chi connectivity index (χ0n) is 17.3. The lowest BCUT2D eigenvalue weighted by Crippen LogP contribution is -2.29. The quantitative estimate of drug-likeness (QED) is 0.456. The molecule has 4 aromatic rings. The van der Waals surface area contributed by atoms with Gasteiger partial charge >= 0.3 is 0 Å². The van der Waals surface area contributed by atoms with Gasteiger partial charge < -0.3 is 20.7 Å². The summed E-state index contributed by atoms with van der Waals surface area (Å²) in [5.74, 6) is 1.15. The van der Waals surface area contributed by atoms with Crippen LogP contribution in [0.25, 0.3) is 16.9 Å². The van der Waals surface area contributed by atoms with Crippen molar-refractivity contribution < 1.29 is 9.53 Å². The molecule has 10 heteroatoms. The van der Waals surface area contributed by atoms with Crippen molar-refractivity contribution in [2.45, 2.75) is 18.9 Å². The number of nitrogens with one attached hydrogen (secondary N) is 3. The average molecular weight is 430 g/mol. The van der Waals surface area contributed by atoms with E-state index in [2.05, 4.69) is 31.0 Å². The topological polar surface area (TPSA) is 110 Å². The minimum Gasteiger partial charge on any atom is -0.482 e. The van der Waals surface area contributed by atoms with E-state index >= 15 is 0 Å². The minimum atomic E-state index is -0.162. The van der Waals surface area contributed by atoms with E-state index in [1.54, 1.807) is 12.4 Å². The average Bonchev–Trinajstić information content (AvgIpc) is 3.50. The first-order chi connectivity index (χ1) is 15.7. The van der Waals surface area contributed by atoms with Gasteiger partial charge in [0.15, 0.2) is 18.1 Å². The van der Waals surface area contributed by atoms with Gasteiger partial charge in [-0.15, -0.1) is 0 Å². The van der Waals surface area contributed by atoms with Crippen molar-refractivity contribution in [1.82, 2.24) is 29.5 Å². The highest BCUT2D eigenvalue weighted by Crippen LogP contribution is 2.33. The highest BCUT2D eigenvalue weighted by atomic mass is 16.5. The summed E-state index contributed by atoms with van der Waals surface area (Å²) in [5.41, 5.74) is 3.99. The van der Waals surface area contributed by atoms with Crippen molar-refractivity contribution in [2.75, 3.05) is 30.3 Å². The smallest absolute Gasteiger partial charge is 0.262 e. The Labute approximate surface area is 183 Å². The Morgan fingerprint density at radius 2 is 2.06 bits per heavy atom. The summed E-state index contributed by atoms with van der Waals surface area (Å²) in [6, 6.07) is 6.11. The molecule has 3 aromatic heterocycles. The molecule has 0 aliphatic carbocycles. The Hall–Kier alpha value is -3.92. The molecular weight excluding hydrogens is 408 g/mol. The van der Waals surface area contributed by atoms with Crippen molar-refractivity contribution in [1.29, 1.82) is 0 Å². The molecule has 0 radical (unpaired) electrons. The van der Waals surface area contributed by atoms with Crippen molar-refractivity contribution in [2.24, 2.45) is 0 Å². The van der Waals surface area contributed by atoms with Crippen LogP contribution in [0.5, 0.6) is 5.75 Å². The lowest BCUT2D eigenvalue weighted by Gasteiger charge is -2.22. The largest absolute Gasteiger partial charge is 0.482 e. The standard InChI is InChI=1S/C22H22N8O2/c31-20-13-32-19-2-1-14(9-17(19)28-20)18-11-25-21(22-24-7-8-29(18)22)27-15-10-26-30(12-15)16-3-5-23-6-4-16/h1-2,7-12,16,23H,3-6,13H2,(H,25,27)(H,28,31). The normalized spacial score (nSPS) is 16.4. The maximum absolute atomic E-state index is 11.7. The Morgan fingerprint density at radius 3 is 2.97 bits per heavy atom. The van der Waals surface area contributed by atoms with Crippen LogP contribution in [0, 0.1) is 0 Å². The maximum atomic E-state index is 11.7. The van der Waals surface area contributed by atoms with Crippen LogP contribution in [0.4, 0.5) is 17.2 Å². The highest BCUT2D eigenvalue weighted by Gasteiger charge is 2.19. The number of aromatic nitrogens is 5. The zero-order valence-corrected chi connectivity index (χ0v) is 17.3. The molecule has 0 bridgehead atoms. The molecule has 10 nitrogen and oxygen atoms in total. The molecule has 1 aromatic carbocycles. The molecule has 2 aliphatic rings. The summed E-state index contributed by atoms with van der Waals surface area (Å²) in [6.07, 6.45) is 11.4. The molecule has 5 heterocycles. The summed E-state index contributed by atoms with van der Waals surface area (Å²) >= 11 is 0. The number of benzene rings is 1. The molecule has 0 atom stereocenters. The van der Waals surface area contributed by atoms with Gasteiger partial charge in [-0.3, -0.25) is 13.9 Å². The first-order valence-corrected chi connectivity index (χ1v) is 10.7. The molecule has 3 N–H and O–H groups in total. The number of hydrogen-bond donors (Lipinski definition) is 3. The van der Waals surface area contributed by atoms with Crippen molar-refractivity contribution in [3.63, 3.8) is 0 Å². The molecule has 162 valence electrons. The molecule has 1 amide bonds. The first kappa shape index (κ1) is 18.8. The van der Waals surface area contributed by atoms with Crippen LogP contribution in [-0.4, -0.2) is 49.8 Å². The van der Waals surface area contributed by atoms with Gasteiger partial charge in [0.2, 0.25) is 0 Å². The molecule has 0 unspecified atom stereocenters. The van der Waals surface area contributed by atoms with Crippen LogP contribution in [0.15, 0.2) is 49.2 Å². The monoisotopic (exact) mass is 430 g/mol. The third-order valence-electron chi connectivity index (χ3n) is 5.88. The third kappa shape index (κ3) is 3.34. The van der Waals surface area contributed by atoms with Gasteiger partial charge in [-0.05, 0) is 44.1 Å². The van der Waals surface area contributed by atoms with Gasteiger partial charge in [0.05, 0.1) is 35.5 Å². The fourth-order valence-corrected chi connectivity index (χ4v) is 4.27. The number of piperidine rings is 1. The van der Waals surface area contributed by atoms with Gasteiger partial charge in [-0.1, -0.05) is 0 Å². The Bertz CT molecular complexity index is 1300. The van der Waals surface area contributed by atoms with E-state index in [1.165, 1.54) is 0 Å². The molecule has 1 saturated heterocycles. The number of carbonyl (C=O) groups excluding carboxylic acids is 1. The van der Waals surface area contributed by atoms with E-state index in [4.69, 9.17) is 4.74 Å². The predicted octanol–water partition coefficient (Wildman–Crippen LogP) is 2.59. The first-order valence-electron chi connectivity index (χ1n) is 10.7. The maximum Gasteiger partial charge on any atom is 0.262 e. The Kier molecular flexibility index (Phi) is 4.50. The van der Waals surface area contributed by atoms with E-state index < -0.39 is 0 Å². The summed E-state index contributed by atoms with van der Waals surface area (Å²) in [4.78, 5) is 20.8. The van der Waals surface area contributed by atoms with Crippen LogP contribution >= 0.6 is 0 Å². The number of anilines is 3. The fourth-order valence-electron chi connectivity index (χ4n) is 4.27.